The van der Waals surface area contributed by atoms with Gasteiger partial charge < -0.3 is 5.32 Å². The van der Waals surface area contributed by atoms with Crippen LogP contribution >= 0.6 is 11.3 Å². The molecule has 1 atom stereocenters. The van der Waals surface area contributed by atoms with Crippen molar-refractivity contribution in [3.05, 3.63) is 10.6 Å². The van der Waals surface area contributed by atoms with Crippen LogP contribution in [0.3, 0.4) is 0 Å². The Hall–Kier alpha value is -0.570. The van der Waals surface area contributed by atoms with E-state index in [1.807, 2.05) is 11.3 Å². The Morgan fingerprint density at radius 3 is 3.00 bits per heavy atom. The molecule has 1 aromatic heterocycles. The molecule has 82 valence electrons. The summed E-state index contributed by atoms with van der Waals surface area (Å²) in [7, 11) is 0. The molecule has 0 radical (unpaired) electrons. The molecule has 1 heterocycles. The predicted molar refractivity (Wildman–Crippen MR) is 64.7 cm³/mol. The Balaban J connectivity index is 1.83. The summed E-state index contributed by atoms with van der Waals surface area (Å²) in [4.78, 5) is 6.34. The number of aromatic nitrogens is 1. The minimum atomic E-state index is 0.734. The normalized spacial score (nSPS) is 25.0. The van der Waals surface area contributed by atoms with Crippen LogP contribution in [-0.2, 0) is 6.42 Å². The van der Waals surface area contributed by atoms with E-state index in [4.69, 9.17) is 4.98 Å². The first-order valence-corrected chi connectivity index (χ1v) is 6.94. The first-order valence-electron chi connectivity index (χ1n) is 6.13. The van der Waals surface area contributed by atoms with Crippen molar-refractivity contribution in [2.75, 3.05) is 5.32 Å². The van der Waals surface area contributed by atoms with Crippen molar-refractivity contribution >= 4 is 16.5 Å². The number of anilines is 1. The highest BCUT2D eigenvalue weighted by atomic mass is 32.1. The first-order chi connectivity index (χ1) is 7.36. The van der Waals surface area contributed by atoms with Gasteiger partial charge in [-0.05, 0) is 38.5 Å². The Bertz CT molecular complexity index is 355. The Labute approximate surface area is 95.1 Å². The number of fused-ring (bicyclic) bond motifs is 1. The Morgan fingerprint density at radius 2 is 2.27 bits per heavy atom. The molecule has 15 heavy (non-hydrogen) atoms. The molecule has 2 aliphatic carbocycles. The number of hydrogen-bond donors (Lipinski definition) is 1. The Kier molecular flexibility index (Phi) is 2.43. The molecule has 3 heteroatoms. The van der Waals surface area contributed by atoms with E-state index < -0.39 is 0 Å². The van der Waals surface area contributed by atoms with E-state index >= 15 is 0 Å². The molecule has 1 N–H and O–H groups in total. The summed E-state index contributed by atoms with van der Waals surface area (Å²) < 4.78 is 0. The van der Waals surface area contributed by atoms with Crippen LogP contribution in [0.25, 0.3) is 0 Å². The van der Waals surface area contributed by atoms with Gasteiger partial charge in [0, 0.05) is 16.8 Å². The zero-order chi connectivity index (χ0) is 10.3. The van der Waals surface area contributed by atoms with E-state index in [0.717, 1.165) is 12.0 Å². The SMILES string of the molecule is CCC1CCCc2sc(NC3CC3)nc21. The van der Waals surface area contributed by atoms with Crippen LogP contribution in [0.15, 0.2) is 0 Å². The molecule has 0 amide bonds. The molecule has 0 spiro atoms. The molecule has 0 aliphatic heterocycles. The van der Waals surface area contributed by atoms with E-state index in [0.29, 0.717) is 0 Å². The molecule has 1 unspecified atom stereocenters. The second-order valence-corrected chi connectivity index (χ2v) is 5.83. The average Bonchev–Trinajstić information content (AvgIpc) is 2.95. The van der Waals surface area contributed by atoms with Crippen molar-refractivity contribution in [1.82, 2.24) is 4.98 Å². The van der Waals surface area contributed by atoms with Gasteiger partial charge in [0.05, 0.1) is 5.69 Å². The van der Waals surface area contributed by atoms with Crippen molar-refractivity contribution < 1.29 is 0 Å². The number of aryl methyl sites for hydroxylation is 1. The van der Waals surface area contributed by atoms with Gasteiger partial charge in [0.15, 0.2) is 5.13 Å². The minimum Gasteiger partial charge on any atom is -0.359 e. The van der Waals surface area contributed by atoms with Crippen molar-refractivity contribution in [2.24, 2.45) is 0 Å². The van der Waals surface area contributed by atoms with Crippen molar-refractivity contribution in [1.29, 1.82) is 0 Å². The maximum Gasteiger partial charge on any atom is 0.183 e. The maximum atomic E-state index is 4.79. The molecule has 0 saturated heterocycles. The number of nitrogens with zero attached hydrogens (tertiary/aromatic N) is 1. The van der Waals surface area contributed by atoms with Gasteiger partial charge in [-0.15, -0.1) is 11.3 Å². The summed E-state index contributed by atoms with van der Waals surface area (Å²) in [5.41, 5.74) is 1.41. The minimum absolute atomic E-state index is 0.734. The largest absolute Gasteiger partial charge is 0.359 e. The molecule has 2 aliphatic rings. The third-order valence-corrected chi connectivity index (χ3v) is 4.53. The van der Waals surface area contributed by atoms with Crippen LogP contribution in [0.4, 0.5) is 5.13 Å². The highest BCUT2D eigenvalue weighted by molar-refractivity contribution is 7.15. The van der Waals surface area contributed by atoms with Crippen molar-refractivity contribution in [2.45, 2.75) is 57.4 Å². The summed E-state index contributed by atoms with van der Waals surface area (Å²) in [6.07, 6.45) is 7.88. The van der Waals surface area contributed by atoms with Crippen LogP contribution in [0.1, 0.15) is 55.5 Å². The number of thiazole rings is 1. The molecule has 1 saturated carbocycles. The van der Waals surface area contributed by atoms with Gasteiger partial charge in [-0.1, -0.05) is 6.92 Å². The predicted octanol–water partition coefficient (Wildman–Crippen LogP) is 3.55. The lowest BCUT2D eigenvalue weighted by atomic mass is 9.89. The lowest BCUT2D eigenvalue weighted by Crippen LogP contribution is -2.07. The van der Waals surface area contributed by atoms with Crippen LogP contribution < -0.4 is 5.32 Å². The molecule has 1 fully saturated rings. The topological polar surface area (TPSA) is 24.9 Å². The molecule has 3 rings (SSSR count). The van der Waals surface area contributed by atoms with E-state index in [-0.39, 0.29) is 0 Å². The van der Waals surface area contributed by atoms with E-state index in [1.165, 1.54) is 49.4 Å². The Morgan fingerprint density at radius 1 is 1.40 bits per heavy atom. The zero-order valence-corrected chi connectivity index (χ0v) is 10.1. The smallest absolute Gasteiger partial charge is 0.183 e. The molecular formula is C12H18N2S. The summed E-state index contributed by atoms with van der Waals surface area (Å²) in [6.45, 7) is 2.28. The molecule has 0 bridgehead atoms. The number of rotatable bonds is 3. The number of hydrogen-bond acceptors (Lipinski definition) is 3. The first kappa shape index (κ1) is 9.64. The monoisotopic (exact) mass is 222 g/mol. The van der Waals surface area contributed by atoms with E-state index in [9.17, 15) is 0 Å². The fourth-order valence-corrected chi connectivity index (χ4v) is 3.54. The van der Waals surface area contributed by atoms with E-state index in [1.54, 1.807) is 4.88 Å². The third-order valence-electron chi connectivity index (χ3n) is 3.47. The van der Waals surface area contributed by atoms with Gasteiger partial charge in [-0.2, -0.15) is 0 Å². The standard InChI is InChI=1S/C12H18N2S/c1-2-8-4-3-5-10-11(8)14-12(15-10)13-9-6-7-9/h8-9H,2-7H2,1H3,(H,13,14). The summed E-state index contributed by atoms with van der Waals surface area (Å²) in [5.74, 6) is 0.736. The molecular weight excluding hydrogens is 204 g/mol. The van der Waals surface area contributed by atoms with Crippen molar-refractivity contribution in [3.63, 3.8) is 0 Å². The third kappa shape index (κ3) is 1.89. The van der Waals surface area contributed by atoms with Gasteiger partial charge in [-0.3, -0.25) is 0 Å². The second kappa shape index (κ2) is 3.78. The quantitative estimate of drug-likeness (QED) is 0.846. The summed E-state index contributed by atoms with van der Waals surface area (Å²) >= 11 is 1.90. The maximum absolute atomic E-state index is 4.79. The fraction of sp³-hybridized carbons (Fsp3) is 0.750. The summed E-state index contributed by atoms with van der Waals surface area (Å²) in [6, 6.07) is 0.734. The van der Waals surface area contributed by atoms with Crippen LogP contribution in [-0.4, -0.2) is 11.0 Å². The van der Waals surface area contributed by atoms with Crippen LogP contribution in [0, 0.1) is 0 Å². The summed E-state index contributed by atoms with van der Waals surface area (Å²) in [5, 5.41) is 4.71. The lowest BCUT2D eigenvalue weighted by molar-refractivity contribution is 0.533. The van der Waals surface area contributed by atoms with Crippen LogP contribution in [0.2, 0.25) is 0 Å². The van der Waals surface area contributed by atoms with Crippen molar-refractivity contribution in [3.8, 4) is 0 Å². The lowest BCUT2D eigenvalue weighted by Gasteiger charge is -2.18. The number of nitrogens with one attached hydrogen (secondary N) is 1. The molecule has 2 nitrogen and oxygen atoms in total. The highest BCUT2D eigenvalue weighted by Gasteiger charge is 2.26. The fourth-order valence-electron chi connectivity index (χ4n) is 2.37. The van der Waals surface area contributed by atoms with Gasteiger partial charge in [-0.25, -0.2) is 4.98 Å². The van der Waals surface area contributed by atoms with Gasteiger partial charge in [0.1, 0.15) is 0 Å². The molecule has 1 aromatic rings. The van der Waals surface area contributed by atoms with Gasteiger partial charge in [0.2, 0.25) is 0 Å². The second-order valence-electron chi connectivity index (χ2n) is 4.74. The van der Waals surface area contributed by atoms with E-state index in [2.05, 4.69) is 12.2 Å². The van der Waals surface area contributed by atoms with Gasteiger partial charge in [0.25, 0.3) is 0 Å². The highest BCUT2D eigenvalue weighted by Crippen LogP contribution is 2.39. The zero-order valence-electron chi connectivity index (χ0n) is 9.25. The molecule has 0 aromatic carbocycles. The van der Waals surface area contributed by atoms with Gasteiger partial charge >= 0.3 is 0 Å². The van der Waals surface area contributed by atoms with Crippen LogP contribution in [0.5, 0.6) is 0 Å². The average molecular weight is 222 g/mol.